The average molecular weight is 624 g/mol. The molecular formula is C33H45N5O7. The lowest BCUT2D eigenvalue weighted by molar-refractivity contribution is -0.147. The van der Waals surface area contributed by atoms with Crippen molar-refractivity contribution < 1.29 is 33.4 Å². The molecule has 0 saturated carbocycles. The minimum absolute atomic E-state index is 0.0823. The number of amides is 4. The Morgan fingerprint density at radius 3 is 1.96 bits per heavy atom. The molecule has 2 aromatic carbocycles. The molecule has 1 fully saturated rings. The number of carbonyl (C=O) groups is 4. The first kappa shape index (κ1) is 34.9. The van der Waals surface area contributed by atoms with E-state index in [4.69, 9.17) is 19.9 Å². The smallest absolute Gasteiger partial charge is 0.437 e. The summed E-state index contributed by atoms with van der Waals surface area (Å²) in [6.45, 7) is 10.8. The molecule has 0 unspecified atom stereocenters. The molecule has 0 spiro atoms. The third kappa shape index (κ3) is 11.8. The van der Waals surface area contributed by atoms with Crippen LogP contribution in [-0.4, -0.2) is 76.3 Å². The first-order valence-electron chi connectivity index (χ1n) is 15.0. The van der Waals surface area contributed by atoms with Gasteiger partial charge in [0, 0.05) is 25.6 Å². The Morgan fingerprint density at radius 2 is 1.42 bits per heavy atom. The molecule has 1 heterocycles. The van der Waals surface area contributed by atoms with Crippen molar-refractivity contribution in [3.63, 3.8) is 0 Å². The molecule has 0 aliphatic carbocycles. The standard InChI is InChI=1S/C33H45N5O7/c1-32(2,3)44-30(41)36-28(34)38(31(42)45-33(4,5)6)25-17-19-37(20-18-25)29(40)35-26(21-23-13-9-7-10-14-23)27(39)43-22-24-15-11-8-12-16-24/h7-16,25-26H,17-22H2,1-6H3,(H,35,40)(H2,34,36,41)/t26-/m0/s1. The molecule has 4 amide bonds. The number of nitrogens with zero attached hydrogens (tertiary/aromatic N) is 3. The number of urea groups is 1. The monoisotopic (exact) mass is 623 g/mol. The van der Waals surface area contributed by atoms with Gasteiger partial charge in [0.1, 0.15) is 23.9 Å². The SMILES string of the molecule is CC(C)(C)OC(=O)N=C(N)N(C(=O)OC(C)(C)C)C1CCN(C(=O)N[C@@H](Cc2ccccc2)C(=O)OCc2ccccc2)CC1. The van der Waals surface area contributed by atoms with Gasteiger partial charge in [0.05, 0.1) is 0 Å². The van der Waals surface area contributed by atoms with E-state index in [1.165, 1.54) is 0 Å². The quantitative estimate of drug-likeness (QED) is 0.189. The molecule has 244 valence electrons. The number of rotatable bonds is 7. The number of hydrogen-bond donors (Lipinski definition) is 2. The van der Waals surface area contributed by atoms with Crippen LogP contribution >= 0.6 is 0 Å². The molecule has 1 saturated heterocycles. The molecule has 12 nitrogen and oxygen atoms in total. The van der Waals surface area contributed by atoms with Crippen molar-refractivity contribution in [1.82, 2.24) is 15.1 Å². The fraction of sp³-hybridized carbons (Fsp3) is 0.485. The number of benzene rings is 2. The number of guanidine groups is 1. The molecule has 1 aliphatic heterocycles. The largest absolute Gasteiger partial charge is 0.459 e. The molecule has 2 aromatic rings. The highest BCUT2D eigenvalue weighted by molar-refractivity contribution is 5.98. The van der Waals surface area contributed by atoms with E-state index < -0.39 is 47.5 Å². The van der Waals surface area contributed by atoms with Crippen LogP contribution in [0.15, 0.2) is 65.7 Å². The van der Waals surface area contributed by atoms with Crippen molar-refractivity contribution >= 4 is 30.1 Å². The van der Waals surface area contributed by atoms with Gasteiger partial charge in [-0.15, -0.1) is 4.99 Å². The van der Waals surface area contributed by atoms with Gasteiger partial charge >= 0.3 is 24.2 Å². The van der Waals surface area contributed by atoms with Gasteiger partial charge in [0.15, 0.2) is 0 Å². The molecule has 0 radical (unpaired) electrons. The number of hydrogen-bond acceptors (Lipinski definition) is 7. The van der Waals surface area contributed by atoms with Crippen LogP contribution < -0.4 is 11.1 Å². The Bertz CT molecular complexity index is 1330. The van der Waals surface area contributed by atoms with E-state index in [1.807, 2.05) is 60.7 Å². The highest BCUT2D eigenvalue weighted by atomic mass is 16.6. The van der Waals surface area contributed by atoms with E-state index in [2.05, 4.69) is 10.3 Å². The normalized spacial score (nSPS) is 15.1. The van der Waals surface area contributed by atoms with Gasteiger partial charge in [-0.3, -0.25) is 0 Å². The van der Waals surface area contributed by atoms with Gasteiger partial charge in [-0.2, -0.15) is 0 Å². The topological polar surface area (TPSA) is 153 Å². The number of ether oxygens (including phenoxy) is 3. The zero-order chi connectivity index (χ0) is 33.2. The van der Waals surface area contributed by atoms with E-state index in [9.17, 15) is 19.2 Å². The third-order valence-electron chi connectivity index (χ3n) is 6.64. The van der Waals surface area contributed by atoms with Crippen molar-refractivity contribution in [2.75, 3.05) is 13.1 Å². The Labute approximate surface area is 264 Å². The number of nitrogens with two attached hydrogens (primary N) is 1. The second-order valence-corrected chi connectivity index (χ2v) is 12.8. The Kier molecular flexibility index (Phi) is 11.9. The fourth-order valence-corrected chi connectivity index (χ4v) is 4.61. The summed E-state index contributed by atoms with van der Waals surface area (Å²) in [5.41, 5.74) is 6.23. The van der Waals surface area contributed by atoms with Gasteiger partial charge < -0.3 is 30.2 Å². The van der Waals surface area contributed by atoms with E-state index in [-0.39, 0.29) is 32.1 Å². The van der Waals surface area contributed by atoms with Crippen LogP contribution in [0.2, 0.25) is 0 Å². The van der Waals surface area contributed by atoms with E-state index in [0.717, 1.165) is 16.0 Å². The molecule has 0 aromatic heterocycles. The molecule has 3 rings (SSSR count). The first-order chi connectivity index (χ1) is 21.1. The summed E-state index contributed by atoms with van der Waals surface area (Å²) in [5, 5.41) is 2.84. The van der Waals surface area contributed by atoms with Crippen molar-refractivity contribution in [1.29, 1.82) is 0 Å². The van der Waals surface area contributed by atoms with Gasteiger partial charge in [-0.05, 0) is 65.5 Å². The lowest BCUT2D eigenvalue weighted by atomic mass is 10.0. The van der Waals surface area contributed by atoms with Crippen molar-refractivity contribution in [3.8, 4) is 0 Å². The third-order valence-corrected chi connectivity index (χ3v) is 6.64. The van der Waals surface area contributed by atoms with Crippen molar-refractivity contribution in [2.24, 2.45) is 10.7 Å². The Hall–Kier alpha value is -4.61. The Morgan fingerprint density at radius 1 is 0.889 bits per heavy atom. The summed E-state index contributed by atoms with van der Waals surface area (Å²) in [7, 11) is 0. The van der Waals surface area contributed by atoms with Crippen LogP contribution in [0.25, 0.3) is 0 Å². The van der Waals surface area contributed by atoms with Gasteiger partial charge in [-0.25, -0.2) is 24.1 Å². The van der Waals surface area contributed by atoms with Gasteiger partial charge in [0.2, 0.25) is 5.96 Å². The minimum Gasteiger partial charge on any atom is -0.459 e. The number of esters is 1. The molecule has 3 N–H and O–H groups in total. The lowest BCUT2D eigenvalue weighted by Crippen LogP contribution is -2.56. The number of aliphatic imine (C=N–C) groups is 1. The molecule has 45 heavy (non-hydrogen) atoms. The van der Waals surface area contributed by atoms with E-state index >= 15 is 0 Å². The summed E-state index contributed by atoms with van der Waals surface area (Å²) in [6, 6.07) is 16.8. The van der Waals surface area contributed by atoms with Crippen molar-refractivity contribution in [3.05, 3.63) is 71.8 Å². The van der Waals surface area contributed by atoms with Crippen LogP contribution in [-0.2, 0) is 32.0 Å². The predicted octanol–water partition coefficient (Wildman–Crippen LogP) is 5.00. The minimum atomic E-state index is -0.936. The highest BCUT2D eigenvalue weighted by Gasteiger charge is 2.36. The number of piperidine rings is 1. The molecule has 12 heteroatoms. The molecule has 1 atom stereocenters. The molecular weight excluding hydrogens is 578 g/mol. The molecule has 1 aliphatic rings. The lowest BCUT2D eigenvalue weighted by Gasteiger charge is -2.38. The van der Waals surface area contributed by atoms with Crippen LogP contribution in [0.1, 0.15) is 65.5 Å². The maximum absolute atomic E-state index is 13.4. The summed E-state index contributed by atoms with van der Waals surface area (Å²) >= 11 is 0. The maximum atomic E-state index is 13.4. The first-order valence-corrected chi connectivity index (χ1v) is 15.0. The summed E-state index contributed by atoms with van der Waals surface area (Å²) in [6.07, 6.45) is -0.813. The summed E-state index contributed by atoms with van der Waals surface area (Å²) in [4.78, 5) is 58.6. The van der Waals surface area contributed by atoms with Crippen LogP contribution in [0, 0.1) is 0 Å². The Balaban J connectivity index is 1.70. The maximum Gasteiger partial charge on any atom is 0.437 e. The van der Waals surface area contributed by atoms with Crippen molar-refractivity contribution in [2.45, 2.75) is 90.7 Å². The summed E-state index contributed by atoms with van der Waals surface area (Å²) in [5.74, 6) is -0.904. The number of nitrogens with one attached hydrogen (secondary N) is 1. The van der Waals surface area contributed by atoms with Crippen LogP contribution in [0.5, 0.6) is 0 Å². The predicted molar refractivity (Wildman–Crippen MR) is 169 cm³/mol. The second kappa shape index (κ2) is 15.4. The summed E-state index contributed by atoms with van der Waals surface area (Å²) < 4.78 is 16.3. The fourth-order valence-electron chi connectivity index (χ4n) is 4.61. The highest BCUT2D eigenvalue weighted by Crippen LogP contribution is 2.21. The van der Waals surface area contributed by atoms with Gasteiger partial charge in [-0.1, -0.05) is 60.7 Å². The zero-order valence-corrected chi connectivity index (χ0v) is 26.9. The number of likely N-dealkylation sites (tertiary alicyclic amines) is 1. The van der Waals surface area contributed by atoms with E-state index in [1.54, 1.807) is 46.4 Å². The zero-order valence-electron chi connectivity index (χ0n) is 26.9. The molecule has 0 bridgehead atoms. The van der Waals surface area contributed by atoms with Gasteiger partial charge in [0.25, 0.3) is 0 Å². The van der Waals surface area contributed by atoms with E-state index in [0.29, 0.717) is 12.8 Å². The van der Waals surface area contributed by atoms with Crippen LogP contribution in [0.4, 0.5) is 14.4 Å². The second-order valence-electron chi connectivity index (χ2n) is 12.8. The van der Waals surface area contributed by atoms with Crippen LogP contribution in [0.3, 0.4) is 0 Å². The average Bonchev–Trinajstić information content (AvgIpc) is 2.95. The number of carbonyl (C=O) groups excluding carboxylic acids is 4.